The highest BCUT2D eigenvalue weighted by Gasteiger charge is 2.22. The number of hydrogen-bond donors (Lipinski definition) is 3. The standard InChI is InChI=1S/C17H19ClN2O3/c1-23-15-9-5-3-7-13(15)16(20-17(22)19-10-11-21)12-6-2-4-8-14(12)18/h2-9,16,21H,10-11H2,1H3,(H2,19,20,22). The van der Waals surface area contributed by atoms with Crippen LogP contribution >= 0.6 is 11.6 Å². The van der Waals surface area contributed by atoms with Crippen molar-refractivity contribution in [2.75, 3.05) is 20.3 Å². The van der Waals surface area contributed by atoms with Crippen LogP contribution in [0.25, 0.3) is 0 Å². The number of carbonyl (C=O) groups is 1. The van der Waals surface area contributed by atoms with Gasteiger partial charge in [-0.3, -0.25) is 0 Å². The summed E-state index contributed by atoms with van der Waals surface area (Å²) in [6.45, 7) is 0.0475. The fraction of sp³-hybridized carbons (Fsp3) is 0.235. The van der Waals surface area contributed by atoms with Crippen molar-refractivity contribution in [3.63, 3.8) is 0 Å². The third kappa shape index (κ3) is 4.37. The summed E-state index contributed by atoms with van der Waals surface area (Å²) in [5.74, 6) is 0.653. The minimum Gasteiger partial charge on any atom is -0.496 e. The average Bonchev–Trinajstić information content (AvgIpc) is 2.58. The Hall–Kier alpha value is -2.24. The summed E-state index contributed by atoms with van der Waals surface area (Å²) >= 11 is 6.30. The number of ether oxygens (including phenoxy) is 1. The molecule has 0 aliphatic heterocycles. The van der Waals surface area contributed by atoms with E-state index in [0.717, 1.165) is 11.1 Å². The minimum atomic E-state index is -0.474. The van der Waals surface area contributed by atoms with Crippen LogP contribution in [0.4, 0.5) is 4.79 Å². The van der Waals surface area contributed by atoms with E-state index in [1.807, 2.05) is 42.5 Å². The van der Waals surface area contributed by atoms with E-state index < -0.39 is 12.1 Å². The van der Waals surface area contributed by atoms with Crippen molar-refractivity contribution in [2.24, 2.45) is 0 Å². The molecule has 122 valence electrons. The van der Waals surface area contributed by atoms with Gasteiger partial charge in [-0.2, -0.15) is 0 Å². The first-order valence-electron chi connectivity index (χ1n) is 7.20. The highest BCUT2D eigenvalue weighted by Crippen LogP contribution is 2.33. The van der Waals surface area contributed by atoms with Crippen molar-refractivity contribution in [3.05, 3.63) is 64.7 Å². The maximum Gasteiger partial charge on any atom is 0.315 e. The van der Waals surface area contributed by atoms with Gasteiger partial charge in [0.2, 0.25) is 0 Å². The highest BCUT2D eigenvalue weighted by molar-refractivity contribution is 6.31. The van der Waals surface area contributed by atoms with E-state index in [1.54, 1.807) is 13.2 Å². The van der Waals surface area contributed by atoms with Crippen molar-refractivity contribution in [1.29, 1.82) is 0 Å². The predicted molar refractivity (Wildman–Crippen MR) is 89.9 cm³/mol. The van der Waals surface area contributed by atoms with Crippen molar-refractivity contribution in [1.82, 2.24) is 10.6 Å². The molecule has 3 N–H and O–H groups in total. The summed E-state index contributed by atoms with van der Waals surface area (Å²) in [6.07, 6.45) is 0. The van der Waals surface area contributed by atoms with Gasteiger partial charge in [0.15, 0.2) is 0 Å². The molecule has 5 nitrogen and oxygen atoms in total. The topological polar surface area (TPSA) is 70.6 Å². The van der Waals surface area contributed by atoms with Crippen molar-refractivity contribution < 1.29 is 14.6 Å². The molecule has 2 amide bonds. The smallest absolute Gasteiger partial charge is 0.315 e. The van der Waals surface area contributed by atoms with Crippen LogP contribution < -0.4 is 15.4 Å². The zero-order valence-corrected chi connectivity index (χ0v) is 13.5. The number of rotatable bonds is 6. The van der Waals surface area contributed by atoms with Crippen LogP contribution in [0, 0.1) is 0 Å². The molecule has 23 heavy (non-hydrogen) atoms. The van der Waals surface area contributed by atoms with E-state index >= 15 is 0 Å². The van der Waals surface area contributed by atoms with E-state index in [0.29, 0.717) is 10.8 Å². The third-order valence-corrected chi connectivity index (χ3v) is 3.68. The molecule has 0 heterocycles. The van der Waals surface area contributed by atoms with Gasteiger partial charge < -0.3 is 20.5 Å². The molecular formula is C17H19ClN2O3. The molecule has 2 aromatic carbocycles. The number of halogens is 1. The van der Waals surface area contributed by atoms with Crippen LogP contribution in [-0.2, 0) is 0 Å². The number of hydrogen-bond acceptors (Lipinski definition) is 3. The van der Waals surface area contributed by atoms with Crippen LogP contribution in [0.3, 0.4) is 0 Å². The Balaban J connectivity index is 2.39. The molecule has 0 fully saturated rings. The number of carbonyl (C=O) groups excluding carboxylic acids is 1. The minimum absolute atomic E-state index is 0.126. The molecular weight excluding hydrogens is 316 g/mol. The zero-order chi connectivity index (χ0) is 16.7. The molecule has 0 saturated carbocycles. The Morgan fingerprint density at radius 2 is 1.83 bits per heavy atom. The fourth-order valence-corrected chi connectivity index (χ4v) is 2.53. The van der Waals surface area contributed by atoms with Gasteiger partial charge in [-0.1, -0.05) is 48.0 Å². The largest absolute Gasteiger partial charge is 0.496 e. The van der Waals surface area contributed by atoms with E-state index in [-0.39, 0.29) is 13.2 Å². The maximum atomic E-state index is 12.1. The van der Waals surface area contributed by atoms with Crippen molar-refractivity contribution in [3.8, 4) is 5.75 Å². The molecule has 0 radical (unpaired) electrons. The van der Waals surface area contributed by atoms with Crippen LogP contribution in [0.1, 0.15) is 17.2 Å². The van der Waals surface area contributed by atoms with Crippen LogP contribution in [-0.4, -0.2) is 31.4 Å². The first kappa shape index (κ1) is 17.1. The summed E-state index contributed by atoms with van der Waals surface area (Å²) in [4.78, 5) is 12.1. The van der Waals surface area contributed by atoms with Gasteiger partial charge in [0, 0.05) is 17.1 Å². The second kappa shape index (κ2) is 8.41. The monoisotopic (exact) mass is 334 g/mol. The SMILES string of the molecule is COc1ccccc1C(NC(=O)NCCO)c1ccccc1Cl. The second-order valence-electron chi connectivity index (χ2n) is 4.82. The quantitative estimate of drug-likeness (QED) is 0.760. The molecule has 0 aliphatic carbocycles. The molecule has 2 aromatic rings. The van der Waals surface area contributed by atoms with Gasteiger partial charge in [0.05, 0.1) is 19.8 Å². The molecule has 0 aromatic heterocycles. The molecule has 6 heteroatoms. The Labute approximate surface area is 140 Å². The Morgan fingerprint density at radius 1 is 1.17 bits per heavy atom. The van der Waals surface area contributed by atoms with Gasteiger partial charge in [0.25, 0.3) is 0 Å². The molecule has 0 spiro atoms. The Bertz CT molecular complexity index is 664. The summed E-state index contributed by atoms with van der Waals surface area (Å²) in [5, 5.41) is 14.8. The van der Waals surface area contributed by atoms with E-state index in [2.05, 4.69) is 10.6 Å². The molecule has 1 atom stereocenters. The first-order valence-corrected chi connectivity index (χ1v) is 7.57. The van der Waals surface area contributed by atoms with Gasteiger partial charge >= 0.3 is 6.03 Å². The molecule has 0 aliphatic rings. The van der Waals surface area contributed by atoms with Gasteiger partial charge in [-0.25, -0.2) is 4.79 Å². The summed E-state index contributed by atoms with van der Waals surface area (Å²) < 4.78 is 5.40. The lowest BCUT2D eigenvalue weighted by Crippen LogP contribution is -2.39. The van der Waals surface area contributed by atoms with Crippen LogP contribution in [0.2, 0.25) is 5.02 Å². The number of urea groups is 1. The van der Waals surface area contributed by atoms with E-state index in [4.69, 9.17) is 21.4 Å². The second-order valence-corrected chi connectivity index (χ2v) is 5.23. The zero-order valence-electron chi connectivity index (χ0n) is 12.8. The summed E-state index contributed by atoms with van der Waals surface area (Å²) in [7, 11) is 1.58. The number of benzene rings is 2. The molecule has 0 saturated heterocycles. The average molecular weight is 335 g/mol. The molecule has 2 rings (SSSR count). The third-order valence-electron chi connectivity index (χ3n) is 3.34. The maximum absolute atomic E-state index is 12.1. The van der Waals surface area contributed by atoms with Gasteiger partial charge in [-0.05, 0) is 17.7 Å². The lowest BCUT2D eigenvalue weighted by Gasteiger charge is -2.23. The summed E-state index contributed by atoms with van der Waals surface area (Å²) in [5.41, 5.74) is 1.56. The van der Waals surface area contributed by atoms with Crippen LogP contribution in [0.5, 0.6) is 5.75 Å². The fourth-order valence-electron chi connectivity index (χ4n) is 2.29. The van der Waals surface area contributed by atoms with Crippen molar-refractivity contribution in [2.45, 2.75) is 6.04 Å². The predicted octanol–water partition coefficient (Wildman–Crippen LogP) is 2.73. The normalized spacial score (nSPS) is 11.6. The van der Waals surface area contributed by atoms with Gasteiger partial charge in [0.1, 0.15) is 5.75 Å². The number of methoxy groups -OCH3 is 1. The number of aliphatic hydroxyl groups excluding tert-OH is 1. The number of nitrogens with one attached hydrogen (secondary N) is 2. The Morgan fingerprint density at radius 3 is 2.48 bits per heavy atom. The van der Waals surface area contributed by atoms with Crippen molar-refractivity contribution >= 4 is 17.6 Å². The lowest BCUT2D eigenvalue weighted by molar-refractivity contribution is 0.232. The first-order chi connectivity index (χ1) is 11.2. The molecule has 0 bridgehead atoms. The highest BCUT2D eigenvalue weighted by atomic mass is 35.5. The van der Waals surface area contributed by atoms with E-state index in [1.165, 1.54) is 0 Å². The number of para-hydroxylation sites is 1. The molecule has 1 unspecified atom stereocenters. The van der Waals surface area contributed by atoms with Crippen LogP contribution in [0.15, 0.2) is 48.5 Å². The van der Waals surface area contributed by atoms with Gasteiger partial charge in [-0.15, -0.1) is 0 Å². The number of aliphatic hydroxyl groups is 1. The summed E-state index contributed by atoms with van der Waals surface area (Å²) in [6, 6.07) is 13.9. The number of amides is 2. The Kier molecular flexibility index (Phi) is 6.26. The lowest BCUT2D eigenvalue weighted by atomic mass is 9.98. The van der Waals surface area contributed by atoms with E-state index in [9.17, 15) is 4.79 Å².